The molecule has 6 rings (SSSR count). The molecule has 0 saturated carbocycles. The maximum Gasteiger partial charge on any atom is 0.262 e. The van der Waals surface area contributed by atoms with Gasteiger partial charge in [-0.1, -0.05) is 6.07 Å². The second-order valence-electron chi connectivity index (χ2n) is 9.81. The van der Waals surface area contributed by atoms with Crippen LogP contribution in [0.1, 0.15) is 63.4 Å². The summed E-state index contributed by atoms with van der Waals surface area (Å²) in [5.74, 6) is -1.83. The topological polar surface area (TPSA) is 103 Å². The van der Waals surface area contributed by atoms with Gasteiger partial charge in [-0.25, -0.2) is 4.39 Å². The van der Waals surface area contributed by atoms with E-state index in [4.69, 9.17) is 0 Å². The first-order chi connectivity index (χ1) is 17.4. The molecule has 0 aliphatic carbocycles. The molecule has 184 valence electrons. The van der Waals surface area contributed by atoms with Gasteiger partial charge in [0.15, 0.2) is 0 Å². The number of H-pyrrole nitrogens is 1. The molecular weight excluding hydrogens is 463 g/mol. The van der Waals surface area contributed by atoms with Gasteiger partial charge in [-0.05, 0) is 79.7 Å². The number of halogens is 1. The van der Waals surface area contributed by atoms with E-state index in [0.29, 0.717) is 23.6 Å². The predicted molar refractivity (Wildman–Crippen MR) is 129 cm³/mol. The Hall–Kier alpha value is -3.85. The van der Waals surface area contributed by atoms with Crippen LogP contribution in [0, 0.1) is 5.82 Å². The van der Waals surface area contributed by atoms with E-state index in [2.05, 4.69) is 15.2 Å². The minimum absolute atomic E-state index is 0.0977. The number of fused-ring (bicyclic) bond motifs is 2. The van der Waals surface area contributed by atoms with Crippen molar-refractivity contribution in [3.05, 3.63) is 70.7 Å². The molecule has 2 fully saturated rings. The monoisotopic (exact) mass is 488 g/mol. The van der Waals surface area contributed by atoms with Gasteiger partial charge in [0.2, 0.25) is 11.8 Å². The average molecular weight is 489 g/mol. The van der Waals surface area contributed by atoms with Gasteiger partial charge in [-0.2, -0.15) is 0 Å². The molecule has 3 aliphatic rings. The van der Waals surface area contributed by atoms with Gasteiger partial charge in [0.25, 0.3) is 11.8 Å². The Morgan fingerprint density at radius 2 is 1.69 bits per heavy atom. The van der Waals surface area contributed by atoms with E-state index in [1.165, 1.54) is 17.7 Å². The van der Waals surface area contributed by atoms with Crippen molar-refractivity contribution >= 4 is 34.5 Å². The molecule has 3 aliphatic heterocycles. The number of imide groups is 2. The molecule has 3 aromatic rings. The molecule has 4 heterocycles. The predicted octanol–water partition coefficient (Wildman–Crippen LogP) is 3.09. The fraction of sp³-hybridized carbons (Fsp3) is 0.333. The molecule has 0 spiro atoms. The summed E-state index contributed by atoms with van der Waals surface area (Å²) in [5.41, 5.74) is 3.57. The largest absolute Gasteiger partial charge is 0.361 e. The van der Waals surface area contributed by atoms with Crippen LogP contribution >= 0.6 is 0 Å². The number of benzene rings is 2. The zero-order valence-corrected chi connectivity index (χ0v) is 19.6. The first kappa shape index (κ1) is 22.6. The molecule has 1 unspecified atom stereocenters. The lowest BCUT2D eigenvalue weighted by molar-refractivity contribution is -0.136. The number of aromatic nitrogens is 1. The molecule has 4 amide bonds. The molecule has 1 atom stereocenters. The van der Waals surface area contributed by atoms with Crippen LogP contribution in [0.4, 0.5) is 4.39 Å². The summed E-state index contributed by atoms with van der Waals surface area (Å²) in [7, 11) is 0. The Balaban J connectivity index is 1.13. The molecule has 2 saturated heterocycles. The van der Waals surface area contributed by atoms with Crippen LogP contribution in [0.25, 0.3) is 10.9 Å². The maximum absolute atomic E-state index is 13.5. The molecule has 0 bridgehead atoms. The number of likely N-dealkylation sites (tertiary alicyclic amines) is 1. The van der Waals surface area contributed by atoms with Crippen molar-refractivity contribution in [1.82, 2.24) is 20.1 Å². The summed E-state index contributed by atoms with van der Waals surface area (Å²) in [6.07, 6.45) is 4.16. The van der Waals surface area contributed by atoms with E-state index in [-0.39, 0.29) is 18.7 Å². The van der Waals surface area contributed by atoms with Gasteiger partial charge in [-0.15, -0.1) is 0 Å². The van der Waals surface area contributed by atoms with E-state index < -0.39 is 29.7 Å². The van der Waals surface area contributed by atoms with Gasteiger partial charge < -0.3 is 4.98 Å². The molecule has 1 aromatic heterocycles. The second kappa shape index (κ2) is 8.67. The third kappa shape index (κ3) is 3.80. The minimum atomic E-state index is -0.960. The quantitative estimate of drug-likeness (QED) is 0.550. The van der Waals surface area contributed by atoms with Crippen LogP contribution < -0.4 is 5.32 Å². The SMILES string of the molecule is O=C1CCC(N2C(=O)c3ccc(CN4CCC(c5c[nH]c6cc(F)ccc56)CC4)cc3C2=O)C(=O)N1. The van der Waals surface area contributed by atoms with Crippen molar-refractivity contribution in [3.63, 3.8) is 0 Å². The summed E-state index contributed by atoms with van der Waals surface area (Å²) in [4.78, 5) is 56.2. The highest BCUT2D eigenvalue weighted by Gasteiger charge is 2.44. The van der Waals surface area contributed by atoms with E-state index in [0.717, 1.165) is 47.3 Å². The number of nitrogens with zero attached hydrogens (tertiary/aromatic N) is 2. The van der Waals surface area contributed by atoms with Gasteiger partial charge in [0, 0.05) is 30.1 Å². The molecule has 2 aromatic carbocycles. The lowest BCUT2D eigenvalue weighted by Crippen LogP contribution is -2.54. The van der Waals surface area contributed by atoms with Gasteiger partial charge in [0.1, 0.15) is 11.9 Å². The minimum Gasteiger partial charge on any atom is -0.361 e. The van der Waals surface area contributed by atoms with E-state index >= 15 is 0 Å². The number of amides is 4. The Morgan fingerprint density at radius 3 is 2.47 bits per heavy atom. The number of carbonyl (C=O) groups is 4. The Bertz CT molecular complexity index is 1420. The Morgan fingerprint density at radius 1 is 0.917 bits per heavy atom. The molecule has 9 heteroatoms. The van der Waals surface area contributed by atoms with Crippen molar-refractivity contribution in [1.29, 1.82) is 0 Å². The number of hydrogen-bond donors (Lipinski definition) is 2. The van der Waals surface area contributed by atoms with Gasteiger partial charge >= 0.3 is 0 Å². The highest BCUT2D eigenvalue weighted by atomic mass is 19.1. The lowest BCUT2D eigenvalue weighted by Gasteiger charge is -2.32. The fourth-order valence-corrected chi connectivity index (χ4v) is 5.74. The number of piperidine rings is 2. The first-order valence-electron chi connectivity index (χ1n) is 12.2. The highest BCUT2D eigenvalue weighted by molar-refractivity contribution is 6.23. The average Bonchev–Trinajstić information content (AvgIpc) is 3.38. The zero-order chi connectivity index (χ0) is 25.0. The first-order valence-corrected chi connectivity index (χ1v) is 12.2. The van der Waals surface area contributed by atoms with Crippen LogP contribution in [-0.2, 0) is 16.1 Å². The van der Waals surface area contributed by atoms with E-state index in [1.54, 1.807) is 12.1 Å². The number of nitrogens with one attached hydrogen (secondary N) is 2. The Labute approximate surface area is 206 Å². The van der Waals surface area contributed by atoms with E-state index in [9.17, 15) is 23.6 Å². The van der Waals surface area contributed by atoms with Crippen molar-refractivity contribution in [2.24, 2.45) is 0 Å². The normalized spacial score (nSPS) is 21.4. The summed E-state index contributed by atoms with van der Waals surface area (Å²) < 4.78 is 13.5. The van der Waals surface area contributed by atoms with E-state index in [1.807, 2.05) is 18.3 Å². The van der Waals surface area contributed by atoms with Crippen molar-refractivity contribution < 1.29 is 23.6 Å². The van der Waals surface area contributed by atoms with Crippen LogP contribution in [0.5, 0.6) is 0 Å². The summed E-state index contributed by atoms with van der Waals surface area (Å²) >= 11 is 0. The van der Waals surface area contributed by atoms with Crippen molar-refractivity contribution in [3.8, 4) is 0 Å². The lowest BCUT2D eigenvalue weighted by atomic mass is 9.89. The Kier molecular flexibility index (Phi) is 5.44. The van der Waals surface area contributed by atoms with Crippen LogP contribution in [0.15, 0.2) is 42.6 Å². The summed E-state index contributed by atoms with van der Waals surface area (Å²) in [6.45, 7) is 2.41. The van der Waals surface area contributed by atoms with Gasteiger partial charge in [-0.3, -0.25) is 34.3 Å². The number of hydrogen-bond acceptors (Lipinski definition) is 5. The molecule has 8 nitrogen and oxygen atoms in total. The smallest absolute Gasteiger partial charge is 0.262 e. The maximum atomic E-state index is 13.5. The van der Waals surface area contributed by atoms with Crippen molar-refractivity contribution in [2.45, 2.75) is 44.2 Å². The summed E-state index contributed by atoms with van der Waals surface area (Å²) in [5, 5.41) is 3.28. The molecule has 36 heavy (non-hydrogen) atoms. The van der Waals surface area contributed by atoms with Crippen LogP contribution in [-0.4, -0.2) is 57.5 Å². The molecule has 2 N–H and O–H groups in total. The van der Waals surface area contributed by atoms with Gasteiger partial charge in [0.05, 0.1) is 11.1 Å². The van der Waals surface area contributed by atoms with Crippen LogP contribution in [0.2, 0.25) is 0 Å². The van der Waals surface area contributed by atoms with Crippen molar-refractivity contribution in [2.75, 3.05) is 13.1 Å². The molecule has 0 radical (unpaired) electrons. The highest BCUT2D eigenvalue weighted by Crippen LogP contribution is 2.34. The molecular formula is C27H25FN4O4. The standard InChI is InChI=1S/C27H25FN4O4/c28-17-2-4-18-21(13-29-22(18)12-17)16-7-9-31(10-8-16)14-15-1-3-19-20(11-15)27(36)32(26(19)35)23-5-6-24(33)30-25(23)34/h1-4,11-13,16,23,29H,5-10,14H2,(H,30,33,34). The van der Waals surface area contributed by atoms with Crippen LogP contribution in [0.3, 0.4) is 0 Å². The third-order valence-electron chi connectivity index (χ3n) is 7.61. The zero-order valence-electron chi connectivity index (χ0n) is 19.6. The fourth-order valence-electron chi connectivity index (χ4n) is 5.74. The second-order valence-corrected chi connectivity index (χ2v) is 9.81. The number of rotatable bonds is 4. The number of carbonyl (C=O) groups excluding carboxylic acids is 4. The third-order valence-corrected chi connectivity index (χ3v) is 7.61. The summed E-state index contributed by atoms with van der Waals surface area (Å²) in [6, 6.07) is 9.17. The number of aromatic amines is 1.